The average Bonchev–Trinajstić information content (AvgIpc) is 2.37. The summed E-state index contributed by atoms with van der Waals surface area (Å²) in [6.07, 6.45) is 0.00787. The molecule has 0 aliphatic rings. The maximum absolute atomic E-state index is 11.5. The summed E-state index contributed by atoms with van der Waals surface area (Å²) in [5.74, 6) is -0.915. The highest BCUT2D eigenvalue weighted by molar-refractivity contribution is 6.42. The smallest absolute Gasteiger partial charge is 0.303 e. The molecule has 0 saturated heterocycles. The van der Waals surface area contributed by atoms with Gasteiger partial charge in [0.05, 0.1) is 10.0 Å². The summed E-state index contributed by atoms with van der Waals surface area (Å²) >= 11 is 11.6. The Labute approximate surface area is 126 Å². The first-order valence-electron chi connectivity index (χ1n) is 5.95. The number of benzene rings is 1. The molecule has 0 saturated carbocycles. The van der Waals surface area contributed by atoms with E-state index in [2.05, 4.69) is 5.32 Å². The van der Waals surface area contributed by atoms with Crippen LogP contribution in [0.3, 0.4) is 0 Å². The van der Waals surface area contributed by atoms with E-state index in [4.69, 9.17) is 33.0 Å². The molecule has 110 valence electrons. The van der Waals surface area contributed by atoms with Crippen LogP contribution in [0.2, 0.25) is 10.0 Å². The normalized spacial score (nSPS) is 11.8. The van der Waals surface area contributed by atoms with Crippen molar-refractivity contribution in [2.45, 2.75) is 13.3 Å². The SMILES string of the molecule is CC(CNC(=O)COc1ccc(Cl)c(Cl)c1)CC(=O)O. The first-order valence-corrected chi connectivity index (χ1v) is 6.70. The number of ether oxygens (including phenoxy) is 1. The molecule has 1 aromatic rings. The Morgan fingerprint density at radius 2 is 2.05 bits per heavy atom. The van der Waals surface area contributed by atoms with Gasteiger partial charge in [-0.25, -0.2) is 0 Å². The molecule has 1 amide bonds. The third kappa shape index (κ3) is 6.12. The average molecular weight is 320 g/mol. The van der Waals surface area contributed by atoms with E-state index in [0.717, 1.165) is 0 Å². The van der Waals surface area contributed by atoms with Crippen LogP contribution in [0.25, 0.3) is 0 Å². The van der Waals surface area contributed by atoms with Crippen LogP contribution < -0.4 is 10.1 Å². The number of carbonyl (C=O) groups excluding carboxylic acids is 1. The number of hydrogen-bond donors (Lipinski definition) is 2. The van der Waals surface area contributed by atoms with Crippen molar-refractivity contribution in [2.75, 3.05) is 13.2 Å². The lowest BCUT2D eigenvalue weighted by Gasteiger charge is -2.11. The summed E-state index contributed by atoms with van der Waals surface area (Å²) in [6.45, 7) is 1.86. The lowest BCUT2D eigenvalue weighted by molar-refractivity contribution is -0.138. The molecule has 7 heteroatoms. The van der Waals surface area contributed by atoms with Gasteiger partial charge < -0.3 is 15.2 Å². The fraction of sp³-hybridized carbons (Fsp3) is 0.385. The monoisotopic (exact) mass is 319 g/mol. The second-order valence-corrected chi connectivity index (χ2v) is 5.19. The van der Waals surface area contributed by atoms with Gasteiger partial charge in [0.1, 0.15) is 5.75 Å². The molecule has 5 nitrogen and oxygen atoms in total. The maximum atomic E-state index is 11.5. The van der Waals surface area contributed by atoms with Crippen molar-refractivity contribution >= 4 is 35.1 Å². The van der Waals surface area contributed by atoms with Crippen molar-refractivity contribution in [1.82, 2.24) is 5.32 Å². The lowest BCUT2D eigenvalue weighted by atomic mass is 10.1. The number of amides is 1. The number of nitrogens with one attached hydrogen (secondary N) is 1. The summed E-state index contributed by atoms with van der Waals surface area (Å²) in [5.41, 5.74) is 0. The number of carbonyl (C=O) groups is 2. The third-order valence-corrected chi connectivity index (χ3v) is 3.17. The van der Waals surface area contributed by atoms with E-state index in [0.29, 0.717) is 15.8 Å². The first kappa shape index (κ1) is 16.6. The molecule has 0 fully saturated rings. The van der Waals surface area contributed by atoms with Crippen LogP contribution in [0.4, 0.5) is 0 Å². The van der Waals surface area contributed by atoms with Gasteiger partial charge in [0.15, 0.2) is 6.61 Å². The van der Waals surface area contributed by atoms with Crippen LogP contribution >= 0.6 is 23.2 Å². The number of hydrogen-bond acceptors (Lipinski definition) is 3. The predicted octanol–water partition coefficient (Wildman–Crippen LogP) is 2.60. The van der Waals surface area contributed by atoms with E-state index in [9.17, 15) is 9.59 Å². The lowest BCUT2D eigenvalue weighted by Crippen LogP contribution is -2.33. The Balaban J connectivity index is 2.32. The van der Waals surface area contributed by atoms with E-state index in [-0.39, 0.29) is 31.4 Å². The quantitative estimate of drug-likeness (QED) is 0.810. The molecule has 1 aromatic carbocycles. The molecule has 1 rings (SSSR count). The van der Waals surface area contributed by atoms with Gasteiger partial charge in [-0.1, -0.05) is 30.1 Å². The highest BCUT2D eigenvalue weighted by atomic mass is 35.5. The van der Waals surface area contributed by atoms with Crippen LogP contribution in [0.5, 0.6) is 5.75 Å². The number of carboxylic acids is 1. The second kappa shape index (κ2) is 7.97. The molecule has 1 atom stereocenters. The Morgan fingerprint density at radius 3 is 2.65 bits per heavy atom. The number of aliphatic carboxylic acids is 1. The largest absolute Gasteiger partial charge is 0.484 e. The zero-order valence-electron chi connectivity index (χ0n) is 10.9. The molecule has 0 spiro atoms. The van der Waals surface area contributed by atoms with Crippen LogP contribution in [0, 0.1) is 5.92 Å². The van der Waals surface area contributed by atoms with E-state index >= 15 is 0 Å². The van der Waals surface area contributed by atoms with Crippen LogP contribution in [0.1, 0.15) is 13.3 Å². The van der Waals surface area contributed by atoms with Gasteiger partial charge in [-0.3, -0.25) is 9.59 Å². The minimum absolute atomic E-state index is 0.00787. The van der Waals surface area contributed by atoms with Crippen molar-refractivity contribution in [3.8, 4) is 5.75 Å². The summed E-state index contributed by atoms with van der Waals surface area (Å²) in [5, 5.41) is 11.9. The molecular formula is C13H15Cl2NO4. The summed E-state index contributed by atoms with van der Waals surface area (Å²) < 4.78 is 5.25. The molecule has 0 heterocycles. The van der Waals surface area contributed by atoms with Crippen molar-refractivity contribution in [2.24, 2.45) is 5.92 Å². The van der Waals surface area contributed by atoms with Gasteiger partial charge in [-0.2, -0.15) is 0 Å². The number of halogens is 2. The highest BCUT2D eigenvalue weighted by Gasteiger charge is 2.10. The maximum Gasteiger partial charge on any atom is 0.303 e. The van der Waals surface area contributed by atoms with Crippen molar-refractivity contribution in [3.63, 3.8) is 0 Å². The zero-order valence-corrected chi connectivity index (χ0v) is 12.4. The van der Waals surface area contributed by atoms with Crippen LogP contribution in [-0.2, 0) is 9.59 Å². The Bertz CT molecular complexity index is 493. The predicted molar refractivity (Wildman–Crippen MR) is 76.4 cm³/mol. The van der Waals surface area contributed by atoms with Gasteiger partial charge >= 0.3 is 5.97 Å². The Kier molecular flexibility index (Phi) is 6.61. The summed E-state index contributed by atoms with van der Waals surface area (Å²) in [7, 11) is 0. The summed E-state index contributed by atoms with van der Waals surface area (Å²) in [6, 6.07) is 4.70. The topological polar surface area (TPSA) is 75.6 Å². The molecule has 0 bridgehead atoms. The second-order valence-electron chi connectivity index (χ2n) is 4.37. The van der Waals surface area contributed by atoms with Crippen LogP contribution in [0.15, 0.2) is 18.2 Å². The summed E-state index contributed by atoms with van der Waals surface area (Å²) in [4.78, 5) is 22.0. The number of carboxylic acid groups (broad SMARTS) is 1. The fourth-order valence-electron chi connectivity index (χ4n) is 1.42. The van der Waals surface area contributed by atoms with E-state index in [1.807, 2.05) is 0 Å². The van der Waals surface area contributed by atoms with Gasteiger partial charge in [-0.15, -0.1) is 0 Å². The molecule has 0 aliphatic heterocycles. The molecule has 0 aliphatic carbocycles. The van der Waals surface area contributed by atoms with Crippen molar-refractivity contribution in [3.05, 3.63) is 28.2 Å². The minimum Gasteiger partial charge on any atom is -0.484 e. The first-order chi connectivity index (χ1) is 9.38. The van der Waals surface area contributed by atoms with Crippen LogP contribution in [-0.4, -0.2) is 30.1 Å². The standard InChI is InChI=1S/C13H15Cl2NO4/c1-8(4-13(18)19)6-16-12(17)7-20-9-2-3-10(14)11(15)5-9/h2-3,5,8H,4,6-7H2,1H3,(H,16,17)(H,18,19). The van der Waals surface area contributed by atoms with Gasteiger partial charge in [-0.05, 0) is 18.1 Å². The number of rotatable bonds is 7. The third-order valence-electron chi connectivity index (χ3n) is 2.43. The van der Waals surface area contributed by atoms with Gasteiger partial charge in [0.2, 0.25) is 0 Å². The van der Waals surface area contributed by atoms with Crippen molar-refractivity contribution in [1.29, 1.82) is 0 Å². The molecule has 2 N–H and O–H groups in total. The van der Waals surface area contributed by atoms with E-state index < -0.39 is 5.97 Å². The highest BCUT2D eigenvalue weighted by Crippen LogP contribution is 2.26. The van der Waals surface area contributed by atoms with Gasteiger partial charge in [0, 0.05) is 19.0 Å². The molecule has 0 radical (unpaired) electrons. The molecule has 20 heavy (non-hydrogen) atoms. The molecule has 1 unspecified atom stereocenters. The Morgan fingerprint density at radius 1 is 1.35 bits per heavy atom. The van der Waals surface area contributed by atoms with E-state index in [1.54, 1.807) is 19.1 Å². The molecule has 0 aromatic heterocycles. The minimum atomic E-state index is -0.890. The van der Waals surface area contributed by atoms with E-state index in [1.165, 1.54) is 6.07 Å². The van der Waals surface area contributed by atoms with Gasteiger partial charge in [0.25, 0.3) is 5.91 Å². The van der Waals surface area contributed by atoms with Crippen molar-refractivity contribution < 1.29 is 19.4 Å². The fourth-order valence-corrected chi connectivity index (χ4v) is 1.71. The zero-order chi connectivity index (χ0) is 15.1. The molecular weight excluding hydrogens is 305 g/mol. The Hall–Kier alpha value is -1.46.